The van der Waals surface area contributed by atoms with Crippen LogP contribution in [0.2, 0.25) is 0 Å². The monoisotopic (exact) mass is 263 g/mol. The van der Waals surface area contributed by atoms with E-state index in [4.69, 9.17) is 4.74 Å². The lowest BCUT2D eigenvalue weighted by atomic mass is 10.0. The lowest BCUT2D eigenvalue weighted by Crippen LogP contribution is -2.23. The molecule has 19 heavy (non-hydrogen) atoms. The lowest BCUT2D eigenvalue weighted by molar-refractivity contribution is 0.174. The Hall–Kier alpha value is -1.06. The predicted molar refractivity (Wildman–Crippen MR) is 77.4 cm³/mol. The van der Waals surface area contributed by atoms with Crippen LogP contribution in [0.5, 0.6) is 5.75 Å². The van der Waals surface area contributed by atoms with Crippen LogP contribution in [-0.4, -0.2) is 25.3 Å². The van der Waals surface area contributed by atoms with Gasteiger partial charge in [-0.3, -0.25) is 0 Å². The van der Waals surface area contributed by atoms with E-state index in [1.807, 2.05) is 24.3 Å². The maximum Gasteiger partial charge on any atom is 0.118 e. The zero-order valence-electron chi connectivity index (χ0n) is 11.8. The maximum absolute atomic E-state index is 10.1. The molecule has 0 aliphatic heterocycles. The summed E-state index contributed by atoms with van der Waals surface area (Å²) < 4.78 is 5.11. The van der Waals surface area contributed by atoms with Gasteiger partial charge < -0.3 is 15.2 Å². The summed E-state index contributed by atoms with van der Waals surface area (Å²) in [5.74, 6) is 1.73. The molecular weight excluding hydrogens is 238 g/mol. The second-order valence-corrected chi connectivity index (χ2v) is 5.43. The van der Waals surface area contributed by atoms with Gasteiger partial charge in [0.25, 0.3) is 0 Å². The SMILES string of the molecule is COc1ccc(C(O)CNCCC2CCCC2)cc1. The van der Waals surface area contributed by atoms with Crippen molar-refractivity contribution in [3.63, 3.8) is 0 Å². The van der Waals surface area contributed by atoms with Gasteiger partial charge in [0.15, 0.2) is 0 Å². The normalized spacial score (nSPS) is 17.6. The molecule has 0 amide bonds. The van der Waals surface area contributed by atoms with Gasteiger partial charge in [-0.15, -0.1) is 0 Å². The third-order valence-corrected chi connectivity index (χ3v) is 4.04. The molecule has 1 aliphatic carbocycles. The topological polar surface area (TPSA) is 41.5 Å². The summed E-state index contributed by atoms with van der Waals surface area (Å²) in [6.07, 6.45) is 6.40. The molecule has 3 nitrogen and oxygen atoms in total. The molecule has 0 spiro atoms. The van der Waals surface area contributed by atoms with Crippen molar-refractivity contribution >= 4 is 0 Å². The molecule has 3 heteroatoms. The van der Waals surface area contributed by atoms with Gasteiger partial charge in [-0.05, 0) is 36.6 Å². The minimum Gasteiger partial charge on any atom is -0.497 e. The molecule has 1 fully saturated rings. The highest BCUT2D eigenvalue weighted by molar-refractivity contribution is 5.28. The Morgan fingerprint density at radius 1 is 1.26 bits per heavy atom. The minimum atomic E-state index is -0.436. The van der Waals surface area contributed by atoms with E-state index in [-0.39, 0.29) is 0 Å². The molecule has 2 rings (SSSR count). The lowest BCUT2D eigenvalue weighted by Gasteiger charge is -2.14. The summed E-state index contributed by atoms with van der Waals surface area (Å²) in [6.45, 7) is 1.64. The van der Waals surface area contributed by atoms with Crippen molar-refractivity contribution in [3.8, 4) is 5.75 Å². The molecule has 0 saturated heterocycles. The number of methoxy groups -OCH3 is 1. The first-order valence-electron chi connectivity index (χ1n) is 7.32. The number of ether oxygens (including phenoxy) is 1. The van der Waals surface area contributed by atoms with Gasteiger partial charge in [0.2, 0.25) is 0 Å². The molecule has 0 bridgehead atoms. The first kappa shape index (κ1) is 14.4. The highest BCUT2D eigenvalue weighted by Crippen LogP contribution is 2.27. The van der Waals surface area contributed by atoms with Crippen LogP contribution in [0.3, 0.4) is 0 Å². The van der Waals surface area contributed by atoms with Gasteiger partial charge in [-0.2, -0.15) is 0 Å². The summed E-state index contributed by atoms with van der Waals surface area (Å²) in [6, 6.07) is 7.61. The number of hydrogen-bond donors (Lipinski definition) is 2. The molecule has 2 N–H and O–H groups in total. The van der Waals surface area contributed by atoms with Crippen LogP contribution in [0.1, 0.15) is 43.8 Å². The first-order chi connectivity index (χ1) is 9.29. The molecule has 106 valence electrons. The molecule has 1 aromatic rings. The van der Waals surface area contributed by atoms with Crippen molar-refractivity contribution in [1.29, 1.82) is 0 Å². The Kier molecular flexibility index (Phi) is 5.67. The summed E-state index contributed by atoms with van der Waals surface area (Å²) in [7, 11) is 1.65. The smallest absolute Gasteiger partial charge is 0.118 e. The van der Waals surface area contributed by atoms with Crippen molar-refractivity contribution in [2.24, 2.45) is 5.92 Å². The highest BCUT2D eigenvalue weighted by atomic mass is 16.5. The number of benzene rings is 1. The fraction of sp³-hybridized carbons (Fsp3) is 0.625. The van der Waals surface area contributed by atoms with Crippen LogP contribution >= 0.6 is 0 Å². The summed E-state index contributed by atoms with van der Waals surface area (Å²) >= 11 is 0. The Bertz CT molecular complexity index is 358. The molecule has 0 aromatic heterocycles. The van der Waals surface area contributed by atoms with Crippen LogP contribution in [0.4, 0.5) is 0 Å². The van der Waals surface area contributed by atoms with Gasteiger partial charge in [-0.1, -0.05) is 37.8 Å². The Labute approximate surface area is 116 Å². The largest absolute Gasteiger partial charge is 0.497 e. The molecule has 1 unspecified atom stereocenters. The van der Waals surface area contributed by atoms with Crippen molar-refractivity contribution in [2.45, 2.75) is 38.2 Å². The number of nitrogens with one attached hydrogen (secondary N) is 1. The maximum atomic E-state index is 10.1. The van der Waals surface area contributed by atoms with E-state index >= 15 is 0 Å². The van der Waals surface area contributed by atoms with Gasteiger partial charge in [0.1, 0.15) is 5.75 Å². The summed E-state index contributed by atoms with van der Waals surface area (Å²) in [5.41, 5.74) is 0.939. The third-order valence-electron chi connectivity index (χ3n) is 4.04. The zero-order chi connectivity index (χ0) is 13.5. The molecule has 1 aromatic carbocycles. The molecule has 1 atom stereocenters. The average Bonchev–Trinajstić information content (AvgIpc) is 2.96. The fourth-order valence-electron chi connectivity index (χ4n) is 2.79. The number of rotatable bonds is 7. The van der Waals surface area contributed by atoms with E-state index in [0.717, 1.165) is 23.8 Å². The van der Waals surface area contributed by atoms with Crippen LogP contribution in [0.25, 0.3) is 0 Å². The predicted octanol–water partition coefficient (Wildman–Crippen LogP) is 2.90. The Balaban J connectivity index is 1.66. The van der Waals surface area contributed by atoms with Crippen LogP contribution in [-0.2, 0) is 0 Å². The van der Waals surface area contributed by atoms with Gasteiger partial charge in [0, 0.05) is 6.54 Å². The summed E-state index contributed by atoms with van der Waals surface area (Å²) in [4.78, 5) is 0. The van der Waals surface area contributed by atoms with Crippen molar-refractivity contribution in [2.75, 3.05) is 20.2 Å². The third kappa shape index (κ3) is 4.51. The standard InChI is InChI=1S/C16H25NO2/c1-19-15-8-6-14(7-9-15)16(18)12-17-11-10-13-4-2-3-5-13/h6-9,13,16-18H,2-5,10-12H2,1H3. The molecule has 0 radical (unpaired) electrons. The quantitative estimate of drug-likeness (QED) is 0.743. The Morgan fingerprint density at radius 2 is 1.95 bits per heavy atom. The van der Waals surface area contributed by atoms with E-state index in [1.165, 1.54) is 32.1 Å². The van der Waals surface area contributed by atoms with Crippen molar-refractivity contribution < 1.29 is 9.84 Å². The molecule has 1 saturated carbocycles. The number of aliphatic hydroxyl groups is 1. The van der Waals surface area contributed by atoms with E-state index in [2.05, 4.69) is 5.32 Å². The minimum absolute atomic E-state index is 0.436. The van der Waals surface area contributed by atoms with E-state index in [1.54, 1.807) is 7.11 Å². The number of aliphatic hydroxyl groups excluding tert-OH is 1. The molecule has 1 aliphatic rings. The number of hydrogen-bond acceptors (Lipinski definition) is 3. The van der Waals surface area contributed by atoms with Crippen LogP contribution < -0.4 is 10.1 Å². The van der Waals surface area contributed by atoms with Crippen LogP contribution in [0.15, 0.2) is 24.3 Å². The van der Waals surface area contributed by atoms with Gasteiger partial charge in [0.05, 0.1) is 13.2 Å². The Morgan fingerprint density at radius 3 is 2.58 bits per heavy atom. The first-order valence-corrected chi connectivity index (χ1v) is 7.32. The van der Waals surface area contributed by atoms with Gasteiger partial charge in [-0.25, -0.2) is 0 Å². The van der Waals surface area contributed by atoms with Crippen LogP contribution in [0, 0.1) is 5.92 Å². The zero-order valence-corrected chi connectivity index (χ0v) is 11.8. The highest BCUT2D eigenvalue weighted by Gasteiger charge is 2.14. The van der Waals surface area contributed by atoms with E-state index in [9.17, 15) is 5.11 Å². The summed E-state index contributed by atoms with van der Waals surface area (Å²) in [5, 5.41) is 13.4. The molecule has 0 heterocycles. The average molecular weight is 263 g/mol. The van der Waals surface area contributed by atoms with Gasteiger partial charge >= 0.3 is 0 Å². The fourth-order valence-corrected chi connectivity index (χ4v) is 2.79. The van der Waals surface area contributed by atoms with Crippen molar-refractivity contribution in [3.05, 3.63) is 29.8 Å². The van der Waals surface area contributed by atoms with E-state index < -0.39 is 6.10 Å². The second kappa shape index (κ2) is 7.51. The van der Waals surface area contributed by atoms with Crippen molar-refractivity contribution in [1.82, 2.24) is 5.32 Å². The second-order valence-electron chi connectivity index (χ2n) is 5.43. The van der Waals surface area contributed by atoms with E-state index in [0.29, 0.717) is 6.54 Å². The molecular formula is C16H25NO2.